The molecule has 1 saturated heterocycles. The highest BCUT2D eigenvalue weighted by atomic mass is 32.1. The zero-order valence-electron chi connectivity index (χ0n) is 15.9. The van der Waals surface area contributed by atoms with Crippen molar-refractivity contribution in [3.05, 3.63) is 35.2 Å². The summed E-state index contributed by atoms with van der Waals surface area (Å²) in [5.74, 6) is 1.01. The van der Waals surface area contributed by atoms with E-state index in [1.165, 1.54) is 4.88 Å². The quantitative estimate of drug-likeness (QED) is 0.692. The van der Waals surface area contributed by atoms with Crippen LogP contribution in [0.4, 0.5) is 5.82 Å². The van der Waals surface area contributed by atoms with Crippen molar-refractivity contribution < 1.29 is 4.79 Å². The lowest BCUT2D eigenvalue weighted by Crippen LogP contribution is -2.46. The van der Waals surface area contributed by atoms with Crippen LogP contribution in [-0.4, -0.2) is 56.7 Å². The topological polar surface area (TPSA) is 67.2 Å². The first-order valence-electron chi connectivity index (χ1n) is 9.32. The molecule has 3 aromatic heterocycles. The van der Waals surface area contributed by atoms with Crippen molar-refractivity contribution >= 4 is 33.3 Å². The van der Waals surface area contributed by atoms with Crippen molar-refractivity contribution in [3.63, 3.8) is 0 Å². The normalized spacial score (nSPS) is 15.4. The molecule has 0 saturated carbocycles. The first kappa shape index (κ1) is 17.9. The van der Waals surface area contributed by atoms with Crippen LogP contribution in [0, 0.1) is 0 Å². The van der Waals surface area contributed by atoms with Crippen molar-refractivity contribution in [1.82, 2.24) is 24.6 Å². The fourth-order valence-corrected chi connectivity index (χ4v) is 4.59. The van der Waals surface area contributed by atoms with Gasteiger partial charge in [-0.25, -0.2) is 9.97 Å². The van der Waals surface area contributed by atoms with Crippen LogP contribution in [0.3, 0.4) is 0 Å². The maximum atomic E-state index is 12.6. The van der Waals surface area contributed by atoms with Gasteiger partial charge in [0.2, 0.25) is 0 Å². The summed E-state index contributed by atoms with van der Waals surface area (Å²) in [5, 5.41) is 5.38. The van der Waals surface area contributed by atoms with E-state index in [1.807, 2.05) is 19.0 Å². The summed E-state index contributed by atoms with van der Waals surface area (Å²) >= 11 is 1.74. The Kier molecular flexibility index (Phi) is 4.82. The molecule has 27 heavy (non-hydrogen) atoms. The van der Waals surface area contributed by atoms with Gasteiger partial charge in [-0.1, -0.05) is 6.92 Å². The van der Waals surface area contributed by atoms with Gasteiger partial charge in [0.15, 0.2) is 0 Å². The average molecular weight is 385 g/mol. The molecule has 8 heteroatoms. The molecule has 0 aliphatic carbocycles. The van der Waals surface area contributed by atoms with E-state index >= 15 is 0 Å². The second-order valence-corrected chi connectivity index (χ2v) is 8.11. The molecule has 142 valence electrons. The second kappa shape index (κ2) is 7.26. The first-order chi connectivity index (χ1) is 13.1. The molecule has 0 unspecified atom stereocenters. The van der Waals surface area contributed by atoms with Crippen LogP contribution in [0.5, 0.6) is 0 Å². The number of amides is 1. The van der Waals surface area contributed by atoms with Gasteiger partial charge < -0.3 is 9.80 Å². The molecule has 1 aliphatic rings. The number of nitrogens with zero attached hydrogens (tertiary/aromatic N) is 6. The van der Waals surface area contributed by atoms with Crippen molar-refractivity contribution in [2.45, 2.75) is 32.2 Å². The lowest BCUT2D eigenvalue weighted by molar-refractivity contribution is 0.0702. The Labute approximate surface area is 162 Å². The number of anilines is 1. The van der Waals surface area contributed by atoms with E-state index in [1.54, 1.807) is 34.6 Å². The maximum absolute atomic E-state index is 12.6. The minimum atomic E-state index is -0.0103. The van der Waals surface area contributed by atoms with E-state index in [-0.39, 0.29) is 11.9 Å². The summed E-state index contributed by atoms with van der Waals surface area (Å²) in [7, 11) is 3.71. The number of rotatable bonds is 4. The van der Waals surface area contributed by atoms with Gasteiger partial charge in [-0.3, -0.25) is 9.48 Å². The van der Waals surface area contributed by atoms with Gasteiger partial charge in [0.1, 0.15) is 22.7 Å². The average Bonchev–Trinajstić information content (AvgIpc) is 3.32. The number of fused-ring (bicyclic) bond motifs is 1. The van der Waals surface area contributed by atoms with Crippen LogP contribution in [-0.2, 0) is 13.5 Å². The van der Waals surface area contributed by atoms with Crippen molar-refractivity contribution in [3.8, 4) is 0 Å². The fourth-order valence-electron chi connectivity index (χ4n) is 3.66. The van der Waals surface area contributed by atoms with Crippen LogP contribution in [0.1, 0.15) is 35.1 Å². The lowest BCUT2D eigenvalue weighted by atomic mass is 10.0. The molecule has 1 fully saturated rings. The standard InChI is InChI=1S/C19H24N6OS/c1-4-14-11-15-17(20-12-21-18(15)27-14)25-9-5-13(6-10-25)24(3)19(26)16-7-8-23(2)22-16/h7-8,11-13H,4-6,9-10H2,1-3H3. The third-order valence-corrected chi connectivity index (χ3v) is 6.46. The van der Waals surface area contributed by atoms with E-state index in [0.29, 0.717) is 5.69 Å². The van der Waals surface area contributed by atoms with E-state index in [4.69, 9.17) is 0 Å². The molecule has 3 aromatic rings. The number of aromatic nitrogens is 4. The number of hydrogen-bond donors (Lipinski definition) is 0. The zero-order valence-corrected chi connectivity index (χ0v) is 16.7. The number of piperidine rings is 1. The van der Waals surface area contributed by atoms with Gasteiger partial charge in [-0.2, -0.15) is 5.10 Å². The Morgan fingerprint density at radius 2 is 2.11 bits per heavy atom. The van der Waals surface area contributed by atoms with Gasteiger partial charge >= 0.3 is 0 Å². The van der Waals surface area contributed by atoms with Gasteiger partial charge in [0.05, 0.1) is 5.39 Å². The largest absolute Gasteiger partial charge is 0.356 e. The Hall–Kier alpha value is -2.48. The monoisotopic (exact) mass is 384 g/mol. The van der Waals surface area contributed by atoms with Crippen LogP contribution >= 0.6 is 11.3 Å². The number of aryl methyl sites for hydroxylation is 2. The summed E-state index contributed by atoms with van der Waals surface area (Å²) in [6.45, 7) is 3.93. The predicted octanol–water partition coefficient (Wildman–Crippen LogP) is 2.73. The molecule has 4 heterocycles. The molecule has 0 N–H and O–H groups in total. The molecule has 1 aliphatic heterocycles. The number of carbonyl (C=O) groups excluding carboxylic acids is 1. The lowest BCUT2D eigenvalue weighted by Gasteiger charge is -2.37. The molecule has 4 rings (SSSR count). The van der Waals surface area contributed by atoms with Crippen LogP contribution < -0.4 is 4.90 Å². The van der Waals surface area contributed by atoms with Crippen molar-refractivity contribution in [2.24, 2.45) is 7.05 Å². The summed E-state index contributed by atoms with van der Waals surface area (Å²) in [6, 6.07) is 4.22. The van der Waals surface area contributed by atoms with Crippen LogP contribution in [0.2, 0.25) is 0 Å². The van der Waals surface area contributed by atoms with E-state index in [2.05, 4.69) is 33.0 Å². The fraction of sp³-hybridized carbons (Fsp3) is 0.474. The van der Waals surface area contributed by atoms with Gasteiger partial charge in [-0.15, -0.1) is 11.3 Å². The Morgan fingerprint density at radius 3 is 2.78 bits per heavy atom. The molecular weight excluding hydrogens is 360 g/mol. The highest BCUT2D eigenvalue weighted by Crippen LogP contribution is 2.32. The molecule has 1 amide bonds. The predicted molar refractivity (Wildman–Crippen MR) is 107 cm³/mol. The third-order valence-electron chi connectivity index (χ3n) is 5.27. The molecule has 0 atom stereocenters. The smallest absolute Gasteiger partial charge is 0.274 e. The Balaban J connectivity index is 1.46. The Morgan fingerprint density at radius 1 is 1.33 bits per heavy atom. The summed E-state index contributed by atoms with van der Waals surface area (Å²) in [6.07, 6.45) is 6.32. The molecule has 0 aromatic carbocycles. The van der Waals surface area contributed by atoms with Gasteiger partial charge in [0.25, 0.3) is 5.91 Å². The molecule has 0 spiro atoms. The molecule has 7 nitrogen and oxygen atoms in total. The minimum absolute atomic E-state index is 0.0103. The van der Waals surface area contributed by atoms with Gasteiger partial charge in [0, 0.05) is 44.3 Å². The van der Waals surface area contributed by atoms with Crippen molar-refractivity contribution in [2.75, 3.05) is 25.0 Å². The summed E-state index contributed by atoms with van der Waals surface area (Å²) < 4.78 is 1.66. The van der Waals surface area contributed by atoms with Crippen molar-refractivity contribution in [1.29, 1.82) is 0 Å². The van der Waals surface area contributed by atoms with E-state index < -0.39 is 0 Å². The zero-order chi connectivity index (χ0) is 19.0. The summed E-state index contributed by atoms with van der Waals surface area (Å²) in [5.41, 5.74) is 0.505. The van der Waals surface area contributed by atoms with Crippen LogP contribution in [0.15, 0.2) is 24.7 Å². The van der Waals surface area contributed by atoms with Gasteiger partial charge in [-0.05, 0) is 31.4 Å². The highest BCUT2D eigenvalue weighted by molar-refractivity contribution is 7.18. The molecule has 0 radical (unpaired) electrons. The van der Waals surface area contributed by atoms with E-state index in [9.17, 15) is 4.79 Å². The number of thiophene rings is 1. The highest BCUT2D eigenvalue weighted by Gasteiger charge is 2.28. The second-order valence-electron chi connectivity index (χ2n) is 6.99. The number of hydrogen-bond acceptors (Lipinski definition) is 6. The molecule has 0 bridgehead atoms. The van der Waals surface area contributed by atoms with Crippen LogP contribution in [0.25, 0.3) is 10.2 Å². The summed E-state index contributed by atoms with van der Waals surface area (Å²) in [4.78, 5) is 28.2. The Bertz CT molecular complexity index is 956. The SMILES string of the molecule is CCc1cc2c(N3CCC(N(C)C(=O)c4ccn(C)n4)CC3)ncnc2s1. The first-order valence-corrected chi connectivity index (χ1v) is 10.1. The minimum Gasteiger partial charge on any atom is -0.356 e. The number of carbonyl (C=O) groups is 1. The maximum Gasteiger partial charge on any atom is 0.274 e. The van der Waals surface area contributed by atoms with E-state index in [0.717, 1.165) is 48.4 Å². The molecular formula is C19H24N6OS. The third kappa shape index (κ3) is 3.41.